The summed E-state index contributed by atoms with van der Waals surface area (Å²) >= 11 is 5.95. The zero-order valence-corrected chi connectivity index (χ0v) is 10.7. The minimum absolute atomic E-state index is 0.0226. The van der Waals surface area contributed by atoms with E-state index < -0.39 is 5.54 Å². The quantitative estimate of drug-likeness (QED) is 0.852. The second-order valence-corrected chi connectivity index (χ2v) is 5.28. The van der Waals surface area contributed by atoms with E-state index in [1.165, 1.54) is 0 Å². The van der Waals surface area contributed by atoms with Gasteiger partial charge >= 0.3 is 0 Å². The highest BCUT2D eigenvalue weighted by atomic mass is 35.5. The van der Waals surface area contributed by atoms with Gasteiger partial charge in [-0.25, -0.2) is 0 Å². The minimum atomic E-state index is -0.462. The van der Waals surface area contributed by atoms with Crippen molar-refractivity contribution in [1.82, 2.24) is 0 Å². The highest BCUT2D eigenvalue weighted by molar-refractivity contribution is 6.32. The number of phenolic OH excluding ortho intramolecular Hbond substituents is 1. The monoisotopic (exact) mass is 257 g/mol. The van der Waals surface area contributed by atoms with Gasteiger partial charge in [0.2, 0.25) is 0 Å². The van der Waals surface area contributed by atoms with Crippen LogP contribution in [0.15, 0.2) is 6.07 Å². The first-order chi connectivity index (χ1) is 7.88. The molecule has 1 heterocycles. The first-order valence-electron chi connectivity index (χ1n) is 5.47. The van der Waals surface area contributed by atoms with Crippen LogP contribution in [0.25, 0.3) is 0 Å². The standard InChI is InChI=1S/C12H16ClNO3/c1-12(2,14)6-7-10(15)8(13)5-9-11(7)17-4-3-16-9/h5,15H,3-4,6,14H2,1-2H3. The summed E-state index contributed by atoms with van der Waals surface area (Å²) in [6.45, 7) is 4.71. The number of hydrogen-bond donors (Lipinski definition) is 2. The van der Waals surface area contributed by atoms with Crippen molar-refractivity contribution in [1.29, 1.82) is 0 Å². The van der Waals surface area contributed by atoms with Gasteiger partial charge in [-0.1, -0.05) is 11.6 Å². The second-order valence-electron chi connectivity index (χ2n) is 4.88. The van der Waals surface area contributed by atoms with Crippen LogP contribution in [0.4, 0.5) is 0 Å². The molecular formula is C12H16ClNO3. The molecule has 17 heavy (non-hydrogen) atoms. The SMILES string of the molecule is CC(C)(N)Cc1c(O)c(Cl)cc2c1OCCO2. The van der Waals surface area contributed by atoms with E-state index in [1.807, 2.05) is 13.8 Å². The van der Waals surface area contributed by atoms with Gasteiger partial charge in [0.25, 0.3) is 0 Å². The summed E-state index contributed by atoms with van der Waals surface area (Å²) in [5, 5.41) is 10.3. The summed E-state index contributed by atoms with van der Waals surface area (Å²) in [5.41, 5.74) is 6.12. The van der Waals surface area contributed by atoms with E-state index in [2.05, 4.69) is 0 Å². The van der Waals surface area contributed by atoms with Crippen molar-refractivity contribution in [2.75, 3.05) is 13.2 Å². The number of aromatic hydroxyl groups is 1. The Kier molecular flexibility index (Phi) is 3.10. The van der Waals surface area contributed by atoms with Crippen molar-refractivity contribution in [2.45, 2.75) is 25.8 Å². The van der Waals surface area contributed by atoms with Crippen molar-refractivity contribution >= 4 is 11.6 Å². The van der Waals surface area contributed by atoms with E-state index >= 15 is 0 Å². The van der Waals surface area contributed by atoms with Crippen molar-refractivity contribution in [3.8, 4) is 17.2 Å². The van der Waals surface area contributed by atoms with Gasteiger partial charge in [0.15, 0.2) is 11.5 Å². The van der Waals surface area contributed by atoms with Gasteiger partial charge in [0, 0.05) is 17.2 Å². The summed E-state index contributed by atoms with van der Waals surface area (Å²) in [4.78, 5) is 0. The first-order valence-corrected chi connectivity index (χ1v) is 5.85. The Balaban J connectivity index is 2.51. The lowest BCUT2D eigenvalue weighted by molar-refractivity contribution is 0.168. The summed E-state index contributed by atoms with van der Waals surface area (Å²) in [6.07, 6.45) is 0.463. The fourth-order valence-electron chi connectivity index (χ4n) is 1.83. The smallest absolute Gasteiger partial charge is 0.168 e. The average Bonchev–Trinajstić information content (AvgIpc) is 2.23. The van der Waals surface area contributed by atoms with Crippen molar-refractivity contribution in [2.24, 2.45) is 5.73 Å². The molecule has 0 amide bonds. The van der Waals surface area contributed by atoms with Gasteiger partial charge in [-0.05, 0) is 20.3 Å². The van der Waals surface area contributed by atoms with Crippen LogP contribution in [0.1, 0.15) is 19.4 Å². The third kappa shape index (κ3) is 2.58. The third-order valence-corrected chi connectivity index (χ3v) is 2.78. The predicted molar refractivity (Wildman–Crippen MR) is 66.1 cm³/mol. The summed E-state index contributed by atoms with van der Waals surface area (Å²) < 4.78 is 11.0. The van der Waals surface area contributed by atoms with Gasteiger partial charge < -0.3 is 20.3 Å². The Morgan fingerprint density at radius 2 is 2.06 bits per heavy atom. The molecule has 0 aliphatic carbocycles. The molecule has 0 saturated carbocycles. The zero-order chi connectivity index (χ0) is 12.6. The van der Waals surface area contributed by atoms with Crippen LogP contribution in [-0.4, -0.2) is 23.9 Å². The van der Waals surface area contributed by atoms with E-state index in [1.54, 1.807) is 6.07 Å². The third-order valence-electron chi connectivity index (χ3n) is 2.49. The maximum absolute atomic E-state index is 9.99. The van der Waals surface area contributed by atoms with Crippen molar-refractivity contribution in [3.05, 3.63) is 16.7 Å². The maximum Gasteiger partial charge on any atom is 0.168 e. The Labute approximate surface area is 105 Å². The number of halogens is 1. The minimum Gasteiger partial charge on any atom is -0.506 e. The lowest BCUT2D eigenvalue weighted by Gasteiger charge is -2.26. The fourth-order valence-corrected chi connectivity index (χ4v) is 2.04. The number of fused-ring (bicyclic) bond motifs is 1. The molecule has 0 unspecified atom stereocenters. The molecule has 1 aliphatic rings. The first kappa shape index (κ1) is 12.3. The normalized spacial score (nSPS) is 14.8. The lowest BCUT2D eigenvalue weighted by atomic mass is 9.94. The number of ether oxygens (including phenoxy) is 2. The summed E-state index contributed by atoms with van der Waals surface area (Å²) in [7, 11) is 0. The van der Waals surface area contributed by atoms with Gasteiger partial charge in [-0.3, -0.25) is 0 Å². The molecular weight excluding hydrogens is 242 g/mol. The Hall–Kier alpha value is -1.13. The molecule has 0 atom stereocenters. The number of nitrogens with two attached hydrogens (primary N) is 1. The number of phenols is 1. The maximum atomic E-state index is 9.99. The van der Waals surface area contributed by atoms with Crippen LogP contribution in [0.3, 0.4) is 0 Å². The Bertz CT molecular complexity index is 440. The largest absolute Gasteiger partial charge is 0.506 e. The predicted octanol–water partition coefficient (Wildman–Crippen LogP) is 2.10. The van der Waals surface area contributed by atoms with E-state index in [0.29, 0.717) is 36.7 Å². The van der Waals surface area contributed by atoms with Gasteiger partial charge in [-0.15, -0.1) is 0 Å². The van der Waals surface area contributed by atoms with E-state index in [0.717, 1.165) is 0 Å². The number of hydrogen-bond acceptors (Lipinski definition) is 4. The summed E-state index contributed by atoms with van der Waals surface area (Å²) in [6, 6.07) is 1.57. The fraction of sp³-hybridized carbons (Fsp3) is 0.500. The number of benzene rings is 1. The highest BCUT2D eigenvalue weighted by Crippen LogP contribution is 2.44. The van der Waals surface area contributed by atoms with Crippen LogP contribution >= 0.6 is 11.6 Å². The molecule has 0 radical (unpaired) electrons. The van der Waals surface area contributed by atoms with Gasteiger partial charge in [0.05, 0.1) is 5.02 Å². The molecule has 5 heteroatoms. The molecule has 1 aromatic rings. The molecule has 0 aromatic heterocycles. The zero-order valence-electron chi connectivity index (χ0n) is 9.92. The Morgan fingerprint density at radius 1 is 1.41 bits per heavy atom. The summed E-state index contributed by atoms with van der Waals surface area (Å²) in [5.74, 6) is 1.14. The molecule has 0 saturated heterocycles. The Morgan fingerprint density at radius 3 is 2.71 bits per heavy atom. The molecule has 4 nitrogen and oxygen atoms in total. The average molecular weight is 258 g/mol. The van der Waals surface area contributed by atoms with E-state index in [4.69, 9.17) is 26.8 Å². The molecule has 1 aliphatic heterocycles. The van der Waals surface area contributed by atoms with Crippen molar-refractivity contribution in [3.63, 3.8) is 0 Å². The highest BCUT2D eigenvalue weighted by Gasteiger charge is 2.25. The van der Waals surface area contributed by atoms with E-state index in [-0.39, 0.29) is 10.8 Å². The lowest BCUT2D eigenvalue weighted by Crippen LogP contribution is -2.34. The molecule has 0 fully saturated rings. The van der Waals surface area contributed by atoms with Crippen LogP contribution in [-0.2, 0) is 6.42 Å². The molecule has 0 bridgehead atoms. The molecule has 3 N–H and O–H groups in total. The van der Waals surface area contributed by atoms with Gasteiger partial charge in [0.1, 0.15) is 19.0 Å². The molecule has 0 spiro atoms. The van der Waals surface area contributed by atoms with Crippen LogP contribution in [0.5, 0.6) is 17.2 Å². The van der Waals surface area contributed by atoms with Crippen molar-refractivity contribution < 1.29 is 14.6 Å². The van der Waals surface area contributed by atoms with Gasteiger partial charge in [-0.2, -0.15) is 0 Å². The molecule has 94 valence electrons. The van der Waals surface area contributed by atoms with Crippen LogP contribution in [0, 0.1) is 0 Å². The molecule has 2 rings (SSSR count). The second kappa shape index (κ2) is 4.27. The molecule has 1 aromatic carbocycles. The van der Waals surface area contributed by atoms with E-state index in [9.17, 15) is 5.11 Å². The van der Waals surface area contributed by atoms with Crippen LogP contribution < -0.4 is 15.2 Å². The number of rotatable bonds is 2. The topological polar surface area (TPSA) is 64.7 Å². The van der Waals surface area contributed by atoms with Crippen LogP contribution in [0.2, 0.25) is 5.02 Å².